The first-order chi connectivity index (χ1) is 9.01. The van der Waals surface area contributed by atoms with Crippen LogP contribution in [0.5, 0.6) is 0 Å². The molecular weight excluding hydrogens is 258 g/mol. The summed E-state index contributed by atoms with van der Waals surface area (Å²) in [4.78, 5) is 13.2. The van der Waals surface area contributed by atoms with Crippen LogP contribution in [0.1, 0.15) is 26.3 Å². The fourth-order valence-electron chi connectivity index (χ4n) is 1.80. The van der Waals surface area contributed by atoms with E-state index in [0.717, 1.165) is 6.54 Å². The number of aryl methyl sites for hydroxylation is 1. The van der Waals surface area contributed by atoms with E-state index < -0.39 is 5.54 Å². The first kappa shape index (κ1) is 16.1. The fourth-order valence-corrected chi connectivity index (χ4v) is 2.91. The molecular formula is C15H23NO2S. The van der Waals surface area contributed by atoms with Gasteiger partial charge in [0, 0.05) is 10.6 Å². The molecule has 0 saturated carbocycles. The third-order valence-corrected chi connectivity index (χ3v) is 4.12. The van der Waals surface area contributed by atoms with Crippen LogP contribution in [-0.2, 0) is 9.53 Å². The van der Waals surface area contributed by atoms with E-state index in [1.165, 1.54) is 10.5 Å². The average Bonchev–Trinajstić information content (AvgIpc) is 2.37. The number of carbonyl (C=O) groups is 1. The lowest BCUT2D eigenvalue weighted by molar-refractivity contribution is -0.149. The number of thioether (sulfide) groups is 1. The summed E-state index contributed by atoms with van der Waals surface area (Å²) in [5.74, 6) is 0.473. The van der Waals surface area contributed by atoms with E-state index in [-0.39, 0.29) is 5.97 Å². The van der Waals surface area contributed by atoms with Gasteiger partial charge in [0.1, 0.15) is 5.54 Å². The van der Waals surface area contributed by atoms with Crippen LogP contribution in [-0.4, -0.2) is 30.4 Å². The highest BCUT2D eigenvalue weighted by molar-refractivity contribution is 7.99. The number of benzene rings is 1. The van der Waals surface area contributed by atoms with Crippen molar-refractivity contribution in [3.05, 3.63) is 29.8 Å². The van der Waals surface area contributed by atoms with Crippen molar-refractivity contribution in [2.75, 3.05) is 18.9 Å². The molecule has 19 heavy (non-hydrogen) atoms. The quantitative estimate of drug-likeness (QED) is 0.616. The van der Waals surface area contributed by atoms with Gasteiger partial charge in [0.05, 0.1) is 6.61 Å². The summed E-state index contributed by atoms with van der Waals surface area (Å²) >= 11 is 1.67. The lowest BCUT2D eigenvalue weighted by Gasteiger charge is -2.27. The van der Waals surface area contributed by atoms with Crippen LogP contribution < -0.4 is 5.32 Å². The standard InChI is InChI=1S/C15H23NO2S/c1-5-16-15(4,14(17)18-6-2)11-19-13-9-7-8-12(3)10-13/h7-10,16H,5-6,11H2,1-4H3. The van der Waals surface area contributed by atoms with Gasteiger partial charge in [0.2, 0.25) is 0 Å². The van der Waals surface area contributed by atoms with Crippen LogP contribution in [0.2, 0.25) is 0 Å². The molecule has 0 aliphatic heterocycles. The summed E-state index contributed by atoms with van der Waals surface area (Å²) in [5, 5.41) is 3.23. The summed E-state index contributed by atoms with van der Waals surface area (Å²) in [6.07, 6.45) is 0. The zero-order valence-corrected chi connectivity index (χ0v) is 13.0. The number of likely N-dealkylation sites (N-methyl/N-ethyl adjacent to an activating group) is 1. The largest absolute Gasteiger partial charge is 0.465 e. The van der Waals surface area contributed by atoms with Gasteiger partial charge in [0.15, 0.2) is 0 Å². The third kappa shape index (κ3) is 4.88. The number of ether oxygens (including phenoxy) is 1. The van der Waals surface area contributed by atoms with Gasteiger partial charge < -0.3 is 10.1 Å². The van der Waals surface area contributed by atoms with Crippen LogP contribution in [0.15, 0.2) is 29.2 Å². The molecule has 1 atom stereocenters. The van der Waals surface area contributed by atoms with Crippen LogP contribution in [0.3, 0.4) is 0 Å². The van der Waals surface area contributed by atoms with Crippen molar-refractivity contribution in [2.24, 2.45) is 0 Å². The number of hydrogen-bond donors (Lipinski definition) is 1. The zero-order valence-electron chi connectivity index (χ0n) is 12.2. The zero-order chi connectivity index (χ0) is 14.3. The number of hydrogen-bond acceptors (Lipinski definition) is 4. The fraction of sp³-hybridized carbons (Fsp3) is 0.533. The Morgan fingerprint density at radius 3 is 2.74 bits per heavy atom. The monoisotopic (exact) mass is 281 g/mol. The Balaban J connectivity index is 2.70. The van der Waals surface area contributed by atoms with Gasteiger partial charge in [-0.15, -0.1) is 11.8 Å². The Morgan fingerprint density at radius 1 is 1.42 bits per heavy atom. The number of carbonyl (C=O) groups excluding carboxylic acids is 1. The average molecular weight is 281 g/mol. The molecule has 0 bridgehead atoms. The second kappa shape index (κ2) is 7.56. The molecule has 1 unspecified atom stereocenters. The summed E-state index contributed by atoms with van der Waals surface area (Å²) in [5.41, 5.74) is 0.588. The SMILES string of the molecule is CCNC(C)(CSc1cccc(C)c1)C(=O)OCC. The van der Waals surface area contributed by atoms with Crippen molar-refractivity contribution in [2.45, 2.75) is 38.1 Å². The van der Waals surface area contributed by atoms with E-state index in [1.807, 2.05) is 26.8 Å². The molecule has 0 spiro atoms. The topological polar surface area (TPSA) is 38.3 Å². The minimum absolute atomic E-state index is 0.183. The van der Waals surface area contributed by atoms with Crippen molar-refractivity contribution < 1.29 is 9.53 Å². The van der Waals surface area contributed by atoms with E-state index in [9.17, 15) is 4.79 Å². The van der Waals surface area contributed by atoms with Gasteiger partial charge in [-0.25, -0.2) is 0 Å². The molecule has 1 N–H and O–H groups in total. The summed E-state index contributed by atoms with van der Waals surface area (Å²) in [6.45, 7) is 8.95. The first-order valence-corrected chi connectivity index (χ1v) is 7.62. The molecule has 0 heterocycles. The van der Waals surface area contributed by atoms with E-state index in [4.69, 9.17) is 4.74 Å². The molecule has 0 saturated heterocycles. The van der Waals surface area contributed by atoms with Crippen LogP contribution in [0.4, 0.5) is 0 Å². The van der Waals surface area contributed by atoms with E-state index in [1.54, 1.807) is 11.8 Å². The van der Waals surface area contributed by atoms with Crippen molar-refractivity contribution in [1.29, 1.82) is 0 Å². The molecule has 0 aromatic heterocycles. The lowest BCUT2D eigenvalue weighted by Crippen LogP contribution is -2.52. The molecule has 0 fully saturated rings. The first-order valence-electron chi connectivity index (χ1n) is 6.63. The van der Waals surface area contributed by atoms with E-state index >= 15 is 0 Å². The van der Waals surface area contributed by atoms with Crippen molar-refractivity contribution in [3.63, 3.8) is 0 Å². The predicted molar refractivity (Wildman–Crippen MR) is 80.6 cm³/mol. The van der Waals surface area contributed by atoms with Crippen LogP contribution in [0.25, 0.3) is 0 Å². The Hall–Kier alpha value is -1.00. The Morgan fingerprint density at radius 2 is 2.16 bits per heavy atom. The number of esters is 1. The molecule has 0 radical (unpaired) electrons. The molecule has 106 valence electrons. The van der Waals surface area contributed by atoms with Gasteiger partial charge in [-0.1, -0.05) is 24.6 Å². The van der Waals surface area contributed by atoms with Crippen LogP contribution in [0, 0.1) is 6.92 Å². The highest BCUT2D eigenvalue weighted by Gasteiger charge is 2.33. The third-order valence-electron chi connectivity index (χ3n) is 2.81. The lowest BCUT2D eigenvalue weighted by atomic mass is 10.1. The van der Waals surface area contributed by atoms with E-state index in [2.05, 4.69) is 30.4 Å². The second-order valence-corrected chi connectivity index (χ2v) is 5.74. The highest BCUT2D eigenvalue weighted by Crippen LogP contribution is 2.24. The molecule has 0 aliphatic rings. The smallest absolute Gasteiger partial charge is 0.326 e. The van der Waals surface area contributed by atoms with Crippen LogP contribution >= 0.6 is 11.8 Å². The Labute approximate surface area is 120 Å². The van der Waals surface area contributed by atoms with Gasteiger partial charge in [-0.05, 0) is 39.4 Å². The minimum atomic E-state index is -0.640. The molecule has 1 aromatic rings. The summed E-state index contributed by atoms with van der Waals surface area (Å²) in [6, 6.07) is 8.29. The minimum Gasteiger partial charge on any atom is -0.465 e. The van der Waals surface area contributed by atoms with Crippen molar-refractivity contribution in [1.82, 2.24) is 5.32 Å². The van der Waals surface area contributed by atoms with Gasteiger partial charge in [0.25, 0.3) is 0 Å². The summed E-state index contributed by atoms with van der Waals surface area (Å²) < 4.78 is 5.16. The predicted octanol–water partition coefficient (Wildman–Crippen LogP) is 3.02. The van der Waals surface area contributed by atoms with Gasteiger partial charge in [-0.2, -0.15) is 0 Å². The normalized spacial score (nSPS) is 13.9. The van der Waals surface area contributed by atoms with Crippen molar-refractivity contribution >= 4 is 17.7 Å². The number of rotatable bonds is 7. The van der Waals surface area contributed by atoms with Gasteiger partial charge >= 0.3 is 5.97 Å². The number of nitrogens with one attached hydrogen (secondary N) is 1. The Bertz CT molecular complexity index is 422. The molecule has 0 amide bonds. The summed E-state index contributed by atoms with van der Waals surface area (Å²) in [7, 11) is 0. The maximum Gasteiger partial charge on any atom is 0.326 e. The maximum atomic E-state index is 12.0. The van der Waals surface area contributed by atoms with Crippen molar-refractivity contribution in [3.8, 4) is 0 Å². The molecule has 1 aromatic carbocycles. The van der Waals surface area contributed by atoms with Gasteiger partial charge in [-0.3, -0.25) is 4.79 Å². The Kier molecular flexibility index (Phi) is 6.38. The maximum absolute atomic E-state index is 12.0. The molecule has 0 aliphatic carbocycles. The molecule has 1 rings (SSSR count). The highest BCUT2D eigenvalue weighted by atomic mass is 32.2. The molecule has 4 heteroatoms. The van der Waals surface area contributed by atoms with E-state index in [0.29, 0.717) is 12.4 Å². The second-order valence-electron chi connectivity index (χ2n) is 4.69. The molecule has 3 nitrogen and oxygen atoms in total.